The molecule has 15 heavy (non-hydrogen) atoms. The minimum absolute atomic E-state index is 0.133. The SMILES string of the molecule is CCC1CCCC1NCCCOCCO. The monoisotopic (exact) mass is 215 g/mol. The number of ether oxygens (including phenoxy) is 1. The minimum atomic E-state index is 0.133. The summed E-state index contributed by atoms with van der Waals surface area (Å²) in [4.78, 5) is 0. The van der Waals surface area contributed by atoms with Crippen LogP contribution in [0, 0.1) is 5.92 Å². The van der Waals surface area contributed by atoms with Gasteiger partial charge in [0.2, 0.25) is 0 Å². The molecule has 1 rings (SSSR count). The molecule has 0 aliphatic heterocycles. The topological polar surface area (TPSA) is 41.5 Å². The molecule has 0 spiro atoms. The van der Waals surface area contributed by atoms with E-state index in [1.54, 1.807) is 0 Å². The zero-order chi connectivity index (χ0) is 10.9. The molecule has 0 aromatic heterocycles. The molecule has 0 aromatic carbocycles. The number of rotatable bonds is 8. The number of nitrogens with one attached hydrogen (secondary N) is 1. The summed E-state index contributed by atoms with van der Waals surface area (Å²) in [5, 5.41) is 12.1. The van der Waals surface area contributed by atoms with Crippen molar-refractivity contribution < 1.29 is 9.84 Å². The highest BCUT2D eigenvalue weighted by Crippen LogP contribution is 2.27. The molecule has 1 fully saturated rings. The Morgan fingerprint density at radius 1 is 1.33 bits per heavy atom. The standard InChI is InChI=1S/C12H25NO2/c1-2-11-5-3-6-12(11)13-7-4-9-15-10-8-14/h11-14H,2-10H2,1H3. The minimum Gasteiger partial charge on any atom is -0.394 e. The van der Waals surface area contributed by atoms with Gasteiger partial charge in [-0.25, -0.2) is 0 Å². The van der Waals surface area contributed by atoms with Crippen molar-refractivity contribution in [2.45, 2.75) is 45.1 Å². The van der Waals surface area contributed by atoms with Gasteiger partial charge in [-0.3, -0.25) is 0 Å². The van der Waals surface area contributed by atoms with Gasteiger partial charge in [0.1, 0.15) is 0 Å². The maximum absolute atomic E-state index is 8.52. The predicted octanol–water partition coefficient (Wildman–Crippen LogP) is 1.55. The van der Waals surface area contributed by atoms with Gasteiger partial charge in [0.15, 0.2) is 0 Å². The molecule has 1 aliphatic rings. The van der Waals surface area contributed by atoms with Crippen LogP contribution in [-0.4, -0.2) is 37.5 Å². The van der Waals surface area contributed by atoms with Crippen LogP contribution in [0.1, 0.15) is 39.0 Å². The van der Waals surface area contributed by atoms with Gasteiger partial charge in [0, 0.05) is 12.6 Å². The zero-order valence-corrected chi connectivity index (χ0v) is 9.87. The van der Waals surface area contributed by atoms with Gasteiger partial charge in [-0.05, 0) is 31.7 Å². The summed E-state index contributed by atoms with van der Waals surface area (Å²) in [5.74, 6) is 0.892. The van der Waals surface area contributed by atoms with Crippen molar-refractivity contribution in [3.63, 3.8) is 0 Å². The van der Waals surface area contributed by atoms with Crippen LogP contribution in [0.4, 0.5) is 0 Å². The molecule has 2 unspecified atom stereocenters. The first-order valence-electron chi connectivity index (χ1n) is 6.30. The Morgan fingerprint density at radius 2 is 2.20 bits per heavy atom. The Kier molecular flexibility index (Phi) is 6.98. The fourth-order valence-electron chi connectivity index (χ4n) is 2.42. The molecule has 0 bridgehead atoms. The summed E-state index contributed by atoms with van der Waals surface area (Å²) >= 11 is 0. The Morgan fingerprint density at radius 3 is 2.93 bits per heavy atom. The van der Waals surface area contributed by atoms with Crippen LogP contribution in [-0.2, 0) is 4.74 Å². The van der Waals surface area contributed by atoms with E-state index in [1.165, 1.54) is 25.7 Å². The van der Waals surface area contributed by atoms with Crippen molar-refractivity contribution in [2.75, 3.05) is 26.4 Å². The smallest absolute Gasteiger partial charge is 0.0697 e. The lowest BCUT2D eigenvalue weighted by Crippen LogP contribution is -2.33. The predicted molar refractivity (Wildman–Crippen MR) is 61.9 cm³/mol. The van der Waals surface area contributed by atoms with E-state index in [1.807, 2.05) is 0 Å². The lowest BCUT2D eigenvalue weighted by Gasteiger charge is -2.19. The molecule has 0 saturated heterocycles. The average molecular weight is 215 g/mol. The lowest BCUT2D eigenvalue weighted by atomic mass is 10.0. The third-order valence-electron chi connectivity index (χ3n) is 3.29. The third kappa shape index (κ3) is 4.96. The van der Waals surface area contributed by atoms with Crippen molar-refractivity contribution in [2.24, 2.45) is 5.92 Å². The lowest BCUT2D eigenvalue weighted by molar-refractivity contribution is 0.0901. The summed E-state index contributed by atoms with van der Waals surface area (Å²) < 4.78 is 5.21. The van der Waals surface area contributed by atoms with E-state index in [2.05, 4.69) is 12.2 Å². The Hall–Kier alpha value is -0.120. The molecule has 1 aliphatic carbocycles. The number of aliphatic hydroxyl groups excluding tert-OH is 1. The second-order valence-corrected chi connectivity index (χ2v) is 4.35. The van der Waals surface area contributed by atoms with Gasteiger partial charge in [0.25, 0.3) is 0 Å². The van der Waals surface area contributed by atoms with Crippen molar-refractivity contribution in [1.29, 1.82) is 0 Å². The average Bonchev–Trinajstić information content (AvgIpc) is 2.70. The molecule has 2 N–H and O–H groups in total. The van der Waals surface area contributed by atoms with Crippen LogP contribution in [0.5, 0.6) is 0 Å². The highest BCUT2D eigenvalue weighted by molar-refractivity contribution is 4.81. The van der Waals surface area contributed by atoms with Crippen LogP contribution >= 0.6 is 0 Å². The van der Waals surface area contributed by atoms with Crippen LogP contribution in [0.3, 0.4) is 0 Å². The molecule has 0 radical (unpaired) electrons. The highest BCUT2D eigenvalue weighted by Gasteiger charge is 2.24. The maximum Gasteiger partial charge on any atom is 0.0697 e. The van der Waals surface area contributed by atoms with Crippen LogP contribution in [0.15, 0.2) is 0 Å². The molecule has 0 amide bonds. The number of aliphatic hydroxyl groups is 1. The van der Waals surface area contributed by atoms with Crippen LogP contribution in [0.2, 0.25) is 0 Å². The van der Waals surface area contributed by atoms with Gasteiger partial charge >= 0.3 is 0 Å². The molecule has 90 valence electrons. The van der Waals surface area contributed by atoms with Gasteiger partial charge < -0.3 is 15.2 Å². The molecule has 0 heterocycles. The molecule has 2 atom stereocenters. The van der Waals surface area contributed by atoms with Gasteiger partial charge in [-0.15, -0.1) is 0 Å². The Balaban J connectivity index is 1.95. The summed E-state index contributed by atoms with van der Waals surface area (Å²) in [6.45, 7) is 4.70. The van der Waals surface area contributed by atoms with E-state index in [0.717, 1.165) is 31.5 Å². The van der Waals surface area contributed by atoms with E-state index < -0.39 is 0 Å². The van der Waals surface area contributed by atoms with E-state index >= 15 is 0 Å². The van der Waals surface area contributed by atoms with E-state index in [4.69, 9.17) is 9.84 Å². The Labute approximate surface area is 93.2 Å². The van der Waals surface area contributed by atoms with Crippen molar-refractivity contribution >= 4 is 0 Å². The zero-order valence-electron chi connectivity index (χ0n) is 9.87. The van der Waals surface area contributed by atoms with Gasteiger partial charge in [-0.2, -0.15) is 0 Å². The van der Waals surface area contributed by atoms with Crippen molar-refractivity contribution in [3.05, 3.63) is 0 Å². The summed E-state index contributed by atoms with van der Waals surface area (Å²) in [5.41, 5.74) is 0. The van der Waals surface area contributed by atoms with E-state index in [9.17, 15) is 0 Å². The fraction of sp³-hybridized carbons (Fsp3) is 1.00. The van der Waals surface area contributed by atoms with Crippen molar-refractivity contribution in [1.82, 2.24) is 5.32 Å². The third-order valence-corrected chi connectivity index (χ3v) is 3.29. The van der Waals surface area contributed by atoms with Gasteiger partial charge in [0.05, 0.1) is 13.2 Å². The van der Waals surface area contributed by atoms with E-state index in [0.29, 0.717) is 6.61 Å². The maximum atomic E-state index is 8.52. The quantitative estimate of drug-likeness (QED) is 0.604. The van der Waals surface area contributed by atoms with Gasteiger partial charge in [-0.1, -0.05) is 19.8 Å². The molecule has 0 aromatic rings. The fourth-order valence-corrected chi connectivity index (χ4v) is 2.42. The summed E-state index contributed by atoms with van der Waals surface area (Å²) in [6.07, 6.45) is 6.48. The number of hydrogen-bond acceptors (Lipinski definition) is 3. The Bertz CT molecular complexity index is 153. The summed E-state index contributed by atoms with van der Waals surface area (Å²) in [6, 6.07) is 0.743. The normalized spacial score (nSPS) is 26.0. The molecule has 1 saturated carbocycles. The first-order chi connectivity index (χ1) is 7.38. The summed E-state index contributed by atoms with van der Waals surface area (Å²) in [7, 11) is 0. The molecule has 3 heteroatoms. The molecule has 3 nitrogen and oxygen atoms in total. The second kappa shape index (κ2) is 8.08. The van der Waals surface area contributed by atoms with Crippen LogP contribution < -0.4 is 5.32 Å². The second-order valence-electron chi connectivity index (χ2n) is 4.35. The van der Waals surface area contributed by atoms with Crippen molar-refractivity contribution in [3.8, 4) is 0 Å². The first-order valence-corrected chi connectivity index (χ1v) is 6.30. The highest BCUT2D eigenvalue weighted by atomic mass is 16.5. The van der Waals surface area contributed by atoms with E-state index in [-0.39, 0.29) is 6.61 Å². The molecular formula is C12H25NO2. The molecular weight excluding hydrogens is 190 g/mol. The largest absolute Gasteiger partial charge is 0.394 e. The van der Waals surface area contributed by atoms with Crippen LogP contribution in [0.25, 0.3) is 0 Å². The number of hydrogen-bond donors (Lipinski definition) is 2. The first kappa shape index (κ1) is 12.9.